The number of hydrogen-bond acceptors (Lipinski definition) is 9. The number of carbonyl (C=O) groups excluding carboxylic acids is 1. The fourth-order valence-corrected chi connectivity index (χ4v) is 5.87. The number of aliphatic hydroxyl groups excluding tert-OH is 2. The number of unbranched alkanes of at least 4 members (excludes halogenated alkanes) is 12. The molecule has 0 radical (unpaired) electrons. The molecule has 11 heteroatoms. The molecule has 0 bridgehead atoms. The lowest BCUT2D eigenvalue weighted by Gasteiger charge is -2.19. The van der Waals surface area contributed by atoms with Crippen molar-refractivity contribution >= 4 is 13.8 Å². The summed E-state index contributed by atoms with van der Waals surface area (Å²) in [4.78, 5) is 22.4. The van der Waals surface area contributed by atoms with Gasteiger partial charge in [-0.15, -0.1) is 0 Å². The molecular formula is C45H76NO9P. The average molecular weight is 806 g/mol. The molecule has 0 aliphatic heterocycles. The molecule has 0 rings (SSSR count). The van der Waals surface area contributed by atoms with Gasteiger partial charge in [0.25, 0.3) is 0 Å². The molecule has 1 unspecified atom stereocenters. The SMILES string of the molecule is CC/C=C\C[C@H](O)/C=C/C=C\C/C=C\C=C\[C@H](O)/C=C\CCCC(=O)O[C@H](CO/C=C/CCCCCCCC/C=C\CCCCCC)COP(=O)(O)OCCN. The largest absolute Gasteiger partial charge is 0.498 e. The van der Waals surface area contributed by atoms with Crippen LogP contribution >= 0.6 is 7.82 Å². The number of allylic oxidation sites excluding steroid dienone is 11. The summed E-state index contributed by atoms with van der Waals surface area (Å²) in [5.41, 5.74) is 5.34. The highest BCUT2D eigenvalue weighted by atomic mass is 31.2. The van der Waals surface area contributed by atoms with Gasteiger partial charge in [-0.25, -0.2) is 4.57 Å². The number of esters is 1. The van der Waals surface area contributed by atoms with E-state index in [-0.39, 0.29) is 32.8 Å². The van der Waals surface area contributed by atoms with Gasteiger partial charge in [-0.3, -0.25) is 13.8 Å². The Morgan fingerprint density at radius 3 is 1.96 bits per heavy atom. The topological polar surface area (TPSA) is 158 Å². The van der Waals surface area contributed by atoms with Gasteiger partial charge in [-0.2, -0.15) is 0 Å². The highest BCUT2D eigenvalue weighted by Gasteiger charge is 2.25. The molecule has 0 aliphatic rings. The van der Waals surface area contributed by atoms with E-state index >= 15 is 0 Å². The number of carbonyl (C=O) groups is 1. The summed E-state index contributed by atoms with van der Waals surface area (Å²) in [6.45, 7) is 3.77. The van der Waals surface area contributed by atoms with Crippen LogP contribution in [0.2, 0.25) is 0 Å². The number of hydrogen-bond donors (Lipinski definition) is 4. The summed E-state index contributed by atoms with van der Waals surface area (Å²) in [6.07, 6.45) is 47.3. The standard InChI is InChI=1S/C45H76NO9P/c1-3-5-7-8-9-10-11-12-13-14-15-16-17-21-24-31-38-52-40-44(41-54-56(50,51)53-39-37-46)55-45(49)36-30-25-29-35-43(48)34-28-23-20-18-19-22-27-33-42(47)32-26-6-4-2/h6,10-11,19-20,22-23,26-29,31,33-35,38,42-44,47-48H,3-5,7-9,12-18,21,24-25,30,32,36-37,39-41,46H2,1-2H3,(H,50,51)/b11-10-,22-19-,23-20-,26-6-,33-27+,34-28+,35-29-,38-31+/t42-,43-,44+/m0/s1. The maximum Gasteiger partial charge on any atom is 0.472 e. The van der Waals surface area contributed by atoms with E-state index in [1.165, 1.54) is 64.2 Å². The van der Waals surface area contributed by atoms with Crippen molar-refractivity contribution in [3.05, 3.63) is 97.4 Å². The Labute approximate surface area is 339 Å². The lowest BCUT2D eigenvalue weighted by Crippen LogP contribution is -2.27. The smallest absolute Gasteiger partial charge is 0.472 e. The maximum absolute atomic E-state index is 12.6. The highest BCUT2D eigenvalue weighted by Crippen LogP contribution is 2.43. The van der Waals surface area contributed by atoms with Crippen molar-refractivity contribution in [2.75, 3.05) is 26.4 Å². The Kier molecular flexibility index (Phi) is 38.3. The van der Waals surface area contributed by atoms with E-state index in [1.807, 2.05) is 48.6 Å². The van der Waals surface area contributed by atoms with Gasteiger partial charge in [-0.1, -0.05) is 144 Å². The first kappa shape index (κ1) is 53.2. The molecule has 0 saturated carbocycles. The number of aliphatic hydroxyl groups is 2. The van der Waals surface area contributed by atoms with Crippen molar-refractivity contribution < 1.29 is 43.0 Å². The van der Waals surface area contributed by atoms with Crippen molar-refractivity contribution in [2.24, 2.45) is 5.73 Å². The van der Waals surface area contributed by atoms with Crippen LogP contribution in [0.3, 0.4) is 0 Å². The molecule has 10 nitrogen and oxygen atoms in total. The van der Waals surface area contributed by atoms with Crippen LogP contribution in [-0.4, -0.2) is 65.8 Å². The van der Waals surface area contributed by atoms with E-state index in [0.717, 1.165) is 32.1 Å². The van der Waals surface area contributed by atoms with Crippen LogP contribution in [0, 0.1) is 0 Å². The third-order valence-electron chi connectivity index (χ3n) is 8.22. The minimum absolute atomic E-state index is 0.0478. The minimum Gasteiger partial charge on any atom is -0.498 e. The number of ether oxygens (including phenoxy) is 2. The lowest BCUT2D eigenvalue weighted by molar-refractivity contribution is -0.153. The van der Waals surface area contributed by atoms with Crippen molar-refractivity contribution in [1.82, 2.24) is 0 Å². The predicted molar refractivity (Wildman–Crippen MR) is 231 cm³/mol. The number of phosphoric ester groups is 1. The summed E-state index contributed by atoms with van der Waals surface area (Å²) >= 11 is 0. The molecule has 320 valence electrons. The molecule has 0 aromatic carbocycles. The molecule has 0 aromatic rings. The zero-order chi connectivity index (χ0) is 41.2. The van der Waals surface area contributed by atoms with Crippen LogP contribution in [0.25, 0.3) is 0 Å². The van der Waals surface area contributed by atoms with E-state index in [4.69, 9.17) is 24.3 Å². The zero-order valence-electron chi connectivity index (χ0n) is 34.5. The molecule has 5 N–H and O–H groups in total. The van der Waals surface area contributed by atoms with Crippen LogP contribution in [0.4, 0.5) is 0 Å². The minimum atomic E-state index is -4.36. The molecule has 0 spiro atoms. The lowest BCUT2D eigenvalue weighted by atomic mass is 10.1. The Morgan fingerprint density at radius 2 is 1.30 bits per heavy atom. The summed E-state index contributed by atoms with van der Waals surface area (Å²) in [5, 5.41) is 20.0. The van der Waals surface area contributed by atoms with Crippen molar-refractivity contribution in [1.29, 1.82) is 0 Å². The van der Waals surface area contributed by atoms with Crippen LogP contribution in [0.5, 0.6) is 0 Å². The van der Waals surface area contributed by atoms with Crippen LogP contribution in [0.1, 0.15) is 136 Å². The maximum atomic E-state index is 12.6. The fraction of sp³-hybridized carbons (Fsp3) is 0.622. The molecule has 0 aromatic heterocycles. The second kappa shape index (κ2) is 40.4. The van der Waals surface area contributed by atoms with E-state index in [9.17, 15) is 24.5 Å². The van der Waals surface area contributed by atoms with Crippen LogP contribution in [0.15, 0.2) is 97.4 Å². The molecule has 0 amide bonds. The highest BCUT2D eigenvalue weighted by molar-refractivity contribution is 7.47. The number of rotatable bonds is 38. The van der Waals surface area contributed by atoms with Crippen molar-refractivity contribution in [2.45, 2.75) is 154 Å². The normalized spacial score (nSPS) is 15.5. The summed E-state index contributed by atoms with van der Waals surface area (Å²) < 4.78 is 33.0. The average Bonchev–Trinajstić information content (AvgIpc) is 3.17. The zero-order valence-corrected chi connectivity index (χ0v) is 35.4. The van der Waals surface area contributed by atoms with E-state index in [1.54, 1.807) is 36.6 Å². The van der Waals surface area contributed by atoms with E-state index in [0.29, 0.717) is 19.3 Å². The van der Waals surface area contributed by atoms with Crippen molar-refractivity contribution in [3.8, 4) is 0 Å². The molecule has 0 saturated heterocycles. The molecule has 0 heterocycles. The van der Waals surface area contributed by atoms with Crippen LogP contribution in [-0.2, 0) is 27.9 Å². The van der Waals surface area contributed by atoms with Crippen molar-refractivity contribution in [3.63, 3.8) is 0 Å². The molecule has 0 aliphatic carbocycles. The van der Waals surface area contributed by atoms with Gasteiger partial charge < -0.3 is 30.3 Å². The monoisotopic (exact) mass is 806 g/mol. The first-order chi connectivity index (χ1) is 27.2. The first-order valence-electron chi connectivity index (χ1n) is 21.0. The fourth-order valence-electron chi connectivity index (χ4n) is 5.11. The van der Waals surface area contributed by atoms with E-state index < -0.39 is 32.1 Å². The summed E-state index contributed by atoms with van der Waals surface area (Å²) in [5.74, 6) is -0.496. The first-order valence-corrected chi connectivity index (χ1v) is 22.5. The quantitative estimate of drug-likeness (QED) is 0.0118. The number of phosphoric acid groups is 1. The van der Waals surface area contributed by atoms with E-state index in [2.05, 4.69) is 26.0 Å². The Bertz CT molecular complexity index is 1210. The third kappa shape index (κ3) is 39.4. The van der Waals surface area contributed by atoms with Gasteiger partial charge in [-0.05, 0) is 76.7 Å². The molecule has 56 heavy (non-hydrogen) atoms. The second-order valence-electron chi connectivity index (χ2n) is 13.6. The Balaban J connectivity index is 4.41. The molecule has 4 atom stereocenters. The third-order valence-corrected chi connectivity index (χ3v) is 9.21. The molecular weight excluding hydrogens is 729 g/mol. The van der Waals surface area contributed by atoms with Gasteiger partial charge >= 0.3 is 13.8 Å². The second-order valence-corrected chi connectivity index (χ2v) is 15.0. The Morgan fingerprint density at radius 1 is 0.679 bits per heavy atom. The summed E-state index contributed by atoms with van der Waals surface area (Å²) in [6, 6.07) is 0. The molecule has 0 fully saturated rings. The summed E-state index contributed by atoms with van der Waals surface area (Å²) in [7, 11) is -4.36. The predicted octanol–water partition coefficient (Wildman–Crippen LogP) is 10.6. The Hall–Kier alpha value is -2.82. The van der Waals surface area contributed by atoms with Gasteiger partial charge in [0.2, 0.25) is 0 Å². The van der Waals surface area contributed by atoms with Crippen LogP contribution < -0.4 is 5.73 Å². The van der Waals surface area contributed by atoms with Gasteiger partial charge in [0.1, 0.15) is 6.61 Å². The van der Waals surface area contributed by atoms with Gasteiger partial charge in [0.05, 0.1) is 31.7 Å². The number of nitrogens with two attached hydrogens (primary N) is 1. The van der Waals surface area contributed by atoms with Gasteiger partial charge in [0, 0.05) is 13.0 Å². The van der Waals surface area contributed by atoms with Gasteiger partial charge in [0.15, 0.2) is 6.10 Å².